The summed E-state index contributed by atoms with van der Waals surface area (Å²) in [5.74, 6) is -0.915. The highest BCUT2D eigenvalue weighted by atomic mass is 19.2. The van der Waals surface area contributed by atoms with Gasteiger partial charge in [0.25, 0.3) is 0 Å². The van der Waals surface area contributed by atoms with E-state index < -0.39 is 11.6 Å². The summed E-state index contributed by atoms with van der Waals surface area (Å²) in [6.45, 7) is 4.60. The molecule has 0 radical (unpaired) electrons. The van der Waals surface area contributed by atoms with E-state index in [-0.39, 0.29) is 5.52 Å². The van der Waals surface area contributed by atoms with Gasteiger partial charge in [-0.3, -0.25) is 4.90 Å². The molecule has 2 fully saturated rings. The van der Waals surface area contributed by atoms with Gasteiger partial charge >= 0.3 is 0 Å². The highest BCUT2D eigenvalue weighted by molar-refractivity contribution is 6.00. The quantitative estimate of drug-likeness (QED) is 0.295. The Labute approximate surface area is 243 Å². The summed E-state index contributed by atoms with van der Waals surface area (Å²) in [7, 11) is 3.86. The molecule has 1 aliphatic heterocycles. The minimum atomic E-state index is -0.907. The molecule has 1 saturated carbocycles. The van der Waals surface area contributed by atoms with Crippen LogP contribution >= 0.6 is 0 Å². The average Bonchev–Trinajstić information content (AvgIpc) is 3.55. The van der Waals surface area contributed by atoms with Crippen LogP contribution in [0.5, 0.6) is 0 Å². The standard InChI is InChI=1S/C31H35F2N9/c1-39-13-15-41(16-14-39)21-7-9-22(10-8-21)42-17-23(26-29(34)35-18-36-30(26)42)19-3-5-20(6-4-19)37-31-38-25-12-11-24(32)27(33)28(25)40(31)2/h3-6,11-12,17-18,21-22H,7-10,13-16H2,1-2H3,(H,37,38)(H2,34,35,36). The zero-order chi connectivity index (χ0) is 29.0. The molecule has 0 unspecified atom stereocenters. The van der Waals surface area contributed by atoms with Crippen LogP contribution in [-0.2, 0) is 7.05 Å². The van der Waals surface area contributed by atoms with Crippen molar-refractivity contribution in [1.82, 2.24) is 33.9 Å². The van der Waals surface area contributed by atoms with Gasteiger partial charge in [-0.05, 0) is 62.6 Å². The summed E-state index contributed by atoms with van der Waals surface area (Å²) >= 11 is 0. The number of hydrogen-bond acceptors (Lipinski definition) is 7. The fourth-order valence-corrected chi connectivity index (χ4v) is 6.70. The Bertz CT molecular complexity index is 1740. The van der Waals surface area contributed by atoms with Gasteiger partial charge in [0.05, 0.1) is 10.9 Å². The van der Waals surface area contributed by atoms with Crippen molar-refractivity contribution in [3.05, 3.63) is 60.6 Å². The van der Waals surface area contributed by atoms with Gasteiger partial charge in [0, 0.05) is 62.8 Å². The largest absolute Gasteiger partial charge is 0.383 e. The Morgan fingerprint density at radius 3 is 2.33 bits per heavy atom. The molecule has 3 aromatic heterocycles. The first kappa shape index (κ1) is 26.8. The van der Waals surface area contributed by atoms with E-state index in [1.807, 2.05) is 24.3 Å². The van der Waals surface area contributed by atoms with Crippen molar-refractivity contribution in [3.8, 4) is 11.1 Å². The van der Waals surface area contributed by atoms with E-state index in [4.69, 9.17) is 5.73 Å². The van der Waals surface area contributed by atoms with Gasteiger partial charge in [-0.25, -0.2) is 23.7 Å². The lowest BCUT2D eigenvalue weighted by Gasteiger charge is -2.41. The summed E-state index contributed by atoms with van der Waals surface area (Å²) in [4.78, 5) is 18.5. The highest BCUT2D eigenvalue weighted by Gasteiger charge is 2.30. The fourth-order valence-electron chi connectivity index (χ4n) is 6.70. The SMILES string of the molecule is CN1CCN(C2CCC(n3cc(-c4ccc(Nc5nc6ccc(F)c(F)c6n5C)cc4)c4c(N)ncnc43)CC2)CC1. The van der Waals surface area contributed by atoms with Gasteiger partial charge in [-0.1, -0.05) is 12.1 Å². The number of piperazine rings is 1. The number of aromatic nitrogens is 5. The summed E-state index contributed by atoms with van der Waals surface area (Å²) in [6, 6.07) is 11.5. The second kappa shape index (κ2) is 10.6. The van der Waals surface area contributed by atoms with Crippen molar-refractivity contribution < 1.29 is 8.78 Å². The number of halogens is 2. The molecule has 2 aliphatic rings. The molecule has 3 N–H and O–H groups in total. The molecule has 0 spiro atoms. The topological polar surface area (TPSA) is 93.1 Å². The lowest BCUT2D eigenvalue weighted by Crippen LogP contribution is -2.49. The van der Waals surface area contributed by atoms with Crippen LogP contribution in [0, 0.1) is 11.6 Å². The number of nitrogens with two attached hydrogens (primary N) is 1. The maximum atomic E-state index is 14.4. The Hall–Kier alpha value is -4.09. The van der Waals surface area contributed by atoms with E-state index in [9.17, 15) is 8.78 Å². The molecule has 4 heterocycles. The lowest BCUT2D eigenvalue weighted by molar-refractivity contribution is 0.0828. The molecule has 11 heteroatoms. The predicted octanol–water partition coefficient (Wildman–Crippen LogP) is 5.32. The molecule has 5 aromatic rings. The third-order valence-electron chi connectivity index (χ3n) is 9.13. The summed E-state index contributed by atoms with van der Waals surface area (Å²) in [5.41, 5.74) is 10.6. The summed E-state index contributed by atoms with van der Waals surface area (Å²) in [5, 5.41) is 4.10. The van der Waals surface area contributed by atoms with Crippen LogP contribution in [0.2, 0.25) is 0 Å². The van der Waals surface area contributed by atoms with Gasteiger partial charge in [0.15, 0.2) is 11.6 Å². The highest BCUT2D eigenvalue weighted by Crippen LogP contribution is 2.39. The fraction of sp³-hybridized carbons (Fsp3) is 0.387. The van der Waals surface area contributed by atoms with Crippen LogP contribution in [0.25, 0.3) is 33.2 Å². The maximum Gasteiger partial charge on any atom is 0.208 e. The first-order valence-electron chi connectivity index (χ1n) is 14.6. The number of fused-ring (bicyclic) bond motifs is 2. The number of aryl methyl sites for hydroxylation is 1. The van der Waals surface area contributed by atoms with Gasteiger partial charge < -0.3 is 25.1 Å². The number of anilines is 3. The molecule has 2 aromatic carbocycles. The minimum absolute atomic E-state index is 0.120. The molecule has 1 saturated heterocycles. The third kappa shape index (κ3) is 4.66. The van der Waals surface area contributed by atoms with Crippen molar-refractivity contribution in [3.63, 3.8) is 0 Å². The molecule has 0 bridgehead atoms. The van der Waals surface area contributed by atoms with E-state index in [1.165, 1.54) is 23.5 Å². The molecular formula is C31H35F2N9. The smallest absolute Gasteiger partial charge is 0.208 e. The molecule has 9 nitrogen and oxygen atoms in total. The number of nitrogen functional groups attached to an aromatic ring is 1. The van der Waals surface area contributed by atoms with E-state index in [1.54, 1.807) is 13.4 Å². The molecule has 7 rings (SSSR count). The van der Waals surface area contributed by atoms with Crippen LogP contribution in [0.15, 0.2) is 48.9 Å². The number of likely N-dealkylation sites (N-methyl/N-ethyl adjacent to an activating group) is 1. The van der Waals surface area contributed by atoms with Gasteiger partial charge in [0.1, 0.15) is 23.3 Å². The normalized spacial score (nSPS) is 20.5. The number of rotatable bonds is 5. The second-order valence-corrected chi connectivity index (χ2v) is 11.6. The molecule has 218 valence electrons. The number of benzene rings is 2. The first-order chi connectivity index (χ1) is 20.4. The Kier molecular flexibility index (Phi) is 6.78. The number of nitrogens with zero attached hydrogens (tertiary/aromatic N) is 7. The Balaban J connectivity index is 1.13. The predicted molar refractivity (Wildman–Crippen MR) is 162 cm³/mol. The summed E-state index contributed by atoms with van der Waals surface area (Å²) in [6.07, 6.45) is 8.31. The Morgan fingerprint density at radius 2 is 1.60 bits per heavy atom. The van der Waals surface area contributed by atoms with Crippen molar-refractivity contribution in [2.75, 3.05) is 44.3 Å². The number of hydrogen-bond donors (Lipinski definition) is 2. The van der Waals surface area contributed by atoms with Crippen LogP contribution in [0.1, 0.15) is 31.7 Å². The second-order valence-electron chi connectivity index (χ2n) is 11.6. The van der Waals surface area contributed by atoms with Crippen LogP contribution < -0.4 is 11.1 Å². The zero-order valence-electron chi connectivity index (χ0n) is 23.9. The van der Waals surface area contributed by atoms with E-state index in [0.29, 0.717) is 29.4 Å². The van der Waals surface area contributed by atoms with Gasteiger partial charge in [0.2, 0.25) is 5.95 Å². The zero-order valence-corrected chi connectivity index (χ0v) is 23.9. The monoisotopic (exact) mass is 571 g/mol. The molecular weight excluding hydrogens is 536 g/mol. The molecule has 0 atom stereocenters. The molecule has 0 amide bonds. The third-order valence-corrected chi connectivity index (χ3v) is 9.13. The molecule has 42 heavy (non-hydrogen) atoms. The van der Waals surface area contributed by atoms with E-state index >= 15 is 0 Å². The molecule has 1 aliphatic carbocycles. The van der Waals surface area contributed by atoms with E-state index in [0.717, 1.165) is 72.9 Å². The maximum absolute atomic E-state index is 14.4. The first-order valence-corrected chi connectivity index (χ1v) is 14.6. The van der Waals surface area contributed by atoms with Gasteiger partial charge in [-0.15, -0.1) is 0 Å². The lowest BCUT2D eigenvalue weighted by atomic mass is 9.89. The van der Waals surface area contributed by atoms with Crippen molar-refractivity contribution in [2.24, 2.45) is 7.05 Å². The summed E-state index contributed by atoms with van der Waals surface area (Å²) < 4.78 is 32.0. The van der Waals surface area contributed by atoms with Crippen LogP contribution in [0.3, 0.4) is 0 Å². The average molecular weight is 572 g/mol. The van der Waals surface area contributed by atoms with Gasteiger partial charge in [-0.2, -0.15) is 0 Å². The number of imidazole rings is 1. The minimum Gasteiger partial charge on any atom is -0.383 e. The van der Waals surface area contributed by atoms with Crippen LogP contribution in [0.4, 0.5) is 26.2 Å². The van der Waals surface area contributed by atoms with E-state index in [2.05, 4.69) is 47.9 Å². The van der Waals surface area contributed by atoms with Crippen LogP contribution in [-0.4, -0.2) is 73.2 Å². The Morgan fingerprint density at radius 1 is 0.881 bits per heavy atom. The van der Waals surface area contributed by atoms with Crippen molar-refractivity contribution in [1.29, 1.82) is 0 Å². The van der Waals surface area contributed by atoms with Crippen molar-refractivity contribution in [2.45, 2.75) is 37.8 Å². The number of nitrogens with one attached hydrogen (secondary N) is 1. The van der Waals surface area contributed by atoms with Crippen molar-refractivity contribution >= 4 is 39.5 Å².